The van der Waals surface area contributed by atoms with Crippen molar-refractivity contribution < 1.29 is 58.2 Å². The van der Waals surface area contributed by atoms with E-state index in [1.807, 2.05) is 0 Å². The molecule has 2 heterocycles. The molecule has 0 spiro atoms. The molecule has 0 radical (unpaired) electrons. The molecule has 1 aliphatic carbocycles. The third-order valence-electron chi connectivity index (χ3n) is 8.56. The smallest absolute Gasteiger partial charge is 0.454 e. The van der Waals surface area contributed by atoms with Crippen molar-refractivity contribution in [3.05, 3.63) is 57.8 Å². The molecule has 15 nitrogen and oxygen atoms in total. The molecular weight excluding hydrogens is 867 g/mol. The monoisotopic (exact) mass is 902 g/mol. The van der Waals surface area contributed by atoms with Gasteiger partial charge >= 0.3 is 17.6 Å². The summed E-state index contributed by atoms with van der Waals surface area (Å²) < 4.78 is 117. The standard InChI is InChI=1S/C30H37BrF2N4O11S4Si/c1-28(2,3)48-27(40)37(17-47-10-11-53(50(5,41)42,51(6,43)44)52(7,45)46)26-36-29(4,23-14-30(23,49-26)25(38)39)19-12-18(8-9-20(19)32)13-21(33)22-15-35-24(31)16-34-22/h8-9,12-13,15-16,23H,10-11,14,17H2,1-7H3,(H,38,39)/b21-13-. The number of carboxylic acid groups (broad SMARTS) is 1. The Labute approximate surface area is 318 Å². The van der Waals surface area contributed by atoms with Gasteiger partial charge in [0.25, 0.3) is 0 Å². The number of amidine groups is 1. The van der Waals surface area contributed by atoms with E-state index in [2.05, 4.69) is 30.9 Å². The molecule has 53 heavy (non-hydrogen) atoms. The highest BCUT2D eigenvalue weighted by Gasteiger charge is 2.72. The highest BCUT2D eigenvalue weighted by atomic mass is 79.9. The fourth-order valence-corrected chi connectivity index (χ4v) is 34.8. The van der Waals surface area contributed by atoms with Gasteiger partial charge in [-0.1, -0.05) is 17.8 Å². The predicted octanol–water partition coefficient (Wildman–Crippen LogP) is 4.29. The van der Waals surface area contributed by atoms with E-state index in [1.165, 1.54) is 52.2 Å². The van der Waals surface area contributed by atoms with E-state index in [4.69, 9.17) is 9.47 Å². The maximum atomic E-state index is 15.7. The zero-order valence-corrected chi connectivity index (χ0v) is 35.3. The molecule has 1 amide bonds. The van der Waals surface area contributed by atoms with Gasteiger partial charge in [0.1, 0.15) is 33.2 Å². The zero-order valence-electron chi connectivity index (χ0n) is 29.5. The minimum Gasteiger partial charge on any atom is -0.480 e. The number of carboxylic acids is 1. The third kappa shape index (κ3) is 8.54. The molecule has 3 atom stereocenters. The molecule has 23 heteroatoms. The van der Waals surface area contributed by atoms with Crippen molar-refractivity contribution in [1.82, 2.24) is 14.9 Å². The Kier molecular flexibility index (Phi) is 11.9. The van der Waals surface area contributed by atoms with E-state index in [1.54, 1.807) is 0 Å². The molecule has 2 aromatic rings. The number of ether oxygens (including phenoxy) is 2. The molecule has 292 valence electrons. The van der Waals surface area contributed by atoms with E-state index < -0.39 is 98.3 Å². The average molecular weight is 904 g/mol. The van der Waals surface area contributed by atoms with Gasteiger partial charge in [0.15, 0.2) is 38.9 Å². The van der Waals surface area contributed by atoms with Crippen molar-refractivity contribution in [2.24, 2.45) is 10.9 Å². The van der Waals surface area contributed by atoms with Crippen molar-refractivity contribution in [1.29, 1.82) is 0 Å². The third-order valence-corrected chi connectivity index (χ3v) is 43.0. The van der Waals surface area contributed by atoms with Gasteiger partial charge < -0.3 is 14.6 Å². The number of rotatable bonds is 12. The molecule has 4 rings (SSSR count). The van der Waals surface area contributed by atoms with Crippen molar-refractivity contribution in [2.45, 2.75) is 56.0 Å². The van der Waals surface area contributed by atoms with Gasteiger partial charge in [-0.25, -0.2) is 53.7 Å². The summed E-state index contributed by atoms with van der Waals surface area (Å²) >= 11 is 3.79. The fourth-order valence-electron chi connectivity index (χ4n) is 6.03. The molecule has 1 aromatic carbocycles. The maximum absolute atomic E-state index is 15.7. The summed E-state index contributed by atoms with van der Waals surface area (Å²) in [6, 6.07) is 2.70. The second-order valence-corrected chi connectivity index (χ2v) is 37.6. The molecule has 1 saturated carbocycles. The summed E-state index contributed by atoms with van der Waals surface area (Å²) in [5, 5.41) is 10.1. The summed E-state index contributed by atoms with van der Waals surface area (Å²) in [7, 11) is -14.1. The van der Waals surface area contributed by atoms with Crippen LogP contribution in [0, 0.1) is 11.7 Å². The number of benzene rings is 1. The van der Waals surface area contributed by atoms with Crippen molar-refractivity contribution >= 4 is 90.2 Å². The van der Waals surface area contributed by atoms with Gasteiger partial charge in [-0.15, -0.1) is 0 Å². The number of aliphatic imine (C=N–C) groups is 1. The van der Waals surface area contributed by atoms with E-state index in [9.17, 15) is 39.9 Å². The molecule has 0 saturated heterocycles. The van der Waals surface area contributed by atoms with Gasteiger partial charge in [0.05, 0.1) is 17.9 Å². The summed E-state index contributed by atoms with van der Waals surface area (Å²) in [6.45, 7) is 4.47. The van der Waals surface area contributed by atoms with Crippen LogP contribution in [0.3, 0.4) is 0 Å². The molecule has 0 bridgehead atoms. The van der Waals surface area contributed by atoms with Crippen LogP contribution in [0.1, 0.15) is 50.9 Å². The predicted molar refractivity (Wildman–Crippen MR) is 200 cm³/mol. The van der Waals surface area contributed by atoms with E-state index in [-0.39, 0.29) is 28.4 Å². The lowest BCUT2D eigenvalue weighted by molar-refractivity contribution is -0.137. The lowest BCUT2D eigenvalue weighted by Gasteiger charge is -2.37. The highest BCUT2D eigenvalue weighted by Crippen LogP contribution is 2.66. The molecule has 1 aromatic heterocycles. The van der Waals surface area contributed by atoms with Crippen LogP contribution in [0.15, 0.2) is 40.2 Å². The molecule has 1 N–H and O–H groups in total. The Hall–Kier alpha value is -2.83. The molecule has 1 fully saturated rings. The van der Waals surface area contributed by atoms with Gasteiger partial charge in [0, 0.05) is 42.9 Å². The SMILES string of the molecule is CC(C)(C)OC(=O)N(COCC[Si](S(C)(=O)=O)(S(C)(=O)=O)S(C)(=O)=O)C1=NC(C)(c2cc(/C=C(\F)c3cnc(Br)cn3)ccc2F)C2CC2(C(=O)O)S1. The first kappa shape index (κ1) is 42.9. The topological polar surface area (TPSA) is 217 Å². The molecule has 1 aliphatic heterocycles. The van der Waals surface area contributed by atoms with Gasteiger partial charge in [-0.05, 0) is 73.8 Å². The van der Waals surface area contributed by atoms with E-state index >= 15 is 8.78 Å². The lowest BCUT2D eigenvalue weighted by Crippen LogP contribution is -2.58. The number of aliphatic carboxylic acids is 1. The summed E-state index contributed by atoms with van der Waals surface area (Å²) in [5.41, 5.74) is -8.12. The Morgan fingerprint density at radius 1 is 1.09 bits per heavy atom. The normalized spacial score (nSPS) is 22.4. The number of carbonyl (C=O) groups is 2. The largest absolute Gasteiger partial charge is 0.480 e. The summed E-state index contributed by atoms with van der Waals surface area (Å²) in [6.07, 6.45) is 3.98. The molecule has 2 aliphatic rings. The summed E-state index contributed by atoms with van der Waals surface area (Å²) in [4.78, 5) is 39.7. The highest BCUT2D eigenvalue weighted by molar-refractivity contribution is 9.10. The fraction of sp³-hybridized carbons (Fsp3) is 0.500. The second kappa shape index (κ2) is 14.7. The Morgan fingerprint density at radius 3 is 2.21 bits per heavy atom. The Morgan fingerprint density at radius 2 is 1.70 bits per heavy atom. The second-order valence-electron chi connectivity index (χ2n) is 13.7. The van der Waals surface area contributed by atoms with Crippen LogP contribution in [-0.2, 0) is 47.7 Å². The molecule has 3 unspecified atom stereocenters. The van der Waals surface area contributed by atoms with Crippen LogP contribution in [0.5, 0.6) is 0 Å². The first-order valence-corrected chi connectivity index (χ1v) is 27.1. The molecular formula is C30H37BrF2N4O11S4Si. The lowest BCUT2D eigenvalue weighted by atomic mass is 9.84. The van der Waals surface area contributed by atoms with Crippen LogP contribution in [-0.4, -0.2) is 110 Å². The number of fused-ring (bicyclic) bond motifs is 1. The van der Waals surface area contributed by atoms with Crippen molar-refractivity contribution in [3.8, 4) is 0 Å². The number of carbonyl (C=O) groups excluding carboxylic acids is 1. The van der Waals surface area contributed by atoms with Crippen LogP contribution in [0.4, 0.5) is 13.6 Å². The number of thioether (sulfide) groups is 1. The Balaban J connectivity index is 1.78. The van der Waals surface area contributed by atoms with Crippen LogP contribution < -0.4 is 0 Å². The van der Waals surface area contributed by atoms with Gasteiger partial charge in [0.2, 0.25) is 0 Å². The first-order valence-electron chi connectivity index (χ1n) is 15.4. The first-order chi connectivity index (χ1) is 24.1. The van der Waals surface area contributed by atoms with Gasteiger partial charge in [-0.2, -0.15) is 0 Å². The van der Waals surface area contributed by atoms with Crippen LogP contribution in [0.25, 0.3) is 11.9 Å². The number of hydrogen-bond acceptors (Lipinski definition) is 14. The zero-order chi connectivity index (χ0) is 40.2. The number of aromatic nitrogens is 2. The summed E-state index contributed by atoms with van der Waals surface area (Å²) in [5.74, 6) is -3.72. The van der Waals surface area contributed by atoms with Crippen LogP contribution in [0.2, 0.25) is 6.04 Å². The number of halogens is 3. The number of nitrogens with zero attached hydrogens (tertiary/aromatic N) is 4. The van der Waals surface area contributed by atoms with Crippen LogP contribution >= 0.6 is 27.7 Å². The van der Waals surface area contributed by atoms with E-state index in [0.717, 1.165) is 17.0 Å². The van der Waals surface area contributed by atoms with Crippen molar-refractivity contribution in [2.75, 3.05) is 32.1 Å². The average Bonchev–Trinajstić information content (AvgIpc) is 3.75. The number of hydrogen-bond donors (Lipinski definition) is 1. The van der Waals surface area contributed by atoms with E-state index in [0.29, 0.717) is 35.1 Å². The maximum Gasteiger partial charge on any atom is 0.454 e. The Bertz CT molecular complexity index is 2140. The van der Waals surface area contributed by atoms with Gasteiger partial charge in [-0.3, -0.25) is 9.79 Å². The minimum atomic E-state index is -5.26. The minimum absolute atomic E-state index is 0.0208. The van der Waals surface area contributed by atoms with Crippen molar-refractivity contribution in [3.63, 3.8) is 0 Å². The number of amides is 1. The quantitative estimate of drug-likeness (QED) is 0.179.